The first kappa shape index (κ1) is 18.3. The van der Waals surface area contributed by atoms with Crippen LogP contribution in [0, 0.1) is 0 Å². The monoisotopic (exact) mass is 387 g/mol. The molecule has 0 saturated heterocycles. The third kappa shape index (κ3) is 4.36. The summed E-state index contributed by atoms with van der Waals surface area (Å²) < 4.78 is 1.37. The molecule has 1 atom stereocenters. The number of nitrogens with zero attached hydrogens (tertiary/aromatic N) is 3. The maximum atomic E-state index is 12.3. The molecule has 0 spiro atoms. The molecule has 0 aliphatic rings. The van der Waals surface area contributed by atoms with Gasteiger partial charge >= 0.3 is 0 Å². The lowest BCUT2D eigenvalue weighted by Gasteiger charge is -2.11. The molecular formula is C18H18ClN5OS. The third-order valence-electron chi connectivity index (χ3n) is 3.71. The molecule has 1 aromatic heterocycles. The quantitative estimate of drug-likeness (QED) is 0.501. The number of nitrogens with two attached hydrogens (primary N) is 1. The van der Waals surface area contributed by atoms with Crippen molar-refractivity contribution in [2.45, 2.75) is 23.9 Å². The van der Waals surface area contributed by atoms with E-state index in [4.69, 9.17) is 17.4 Å². The molecule has 1 heterocycles. The molecule has 1 amide bonds. The highest BCUT2D eigenvalue weighted by Crippen LogP contribution is 2.26. The van der Waals surface area contributed by atoms with Gasteiger partial charge in [0.2, 0.25) is 11.1 Å². The minimum absolute atomic E-state index is 0.0915. The Bertz CT molecular complexity index is 900. The number of amides is 1. The second-order valence-corrected chi connectivity index (χ2v) is 7.39. The Morgan fingerprint density at radius 2 is 2.00 bits per heavy atom. The Hall–Kier alpha value is -2.51. The van der Waals surface area contributed by atoms with Crippen molar-refractivity contribution in [2.75, 3.05) is 5.84 Å². The summed E-state index contributed by atoms with van der Waals surface area (Å²) in [6, 6.07) is 17.0. The molecule has 134 valence electrons. The number of rotatable bonds is 6. The highest BCUT2D eigenvalue weighted by Gasteiger charge is 2.19. The van der Waals surface area contributed by atoms with Crippen LogP contribution in [0.1, 0.15) is 12.5 Å². The van der Waals surface area contributed by atoms with E-state index in [0.29, 0.717) is 22.5 Å². The zero-order valence-electron chi connectivity index (χ0n) is 14.1. The van der Waals surface area contributed by atoms with Gasteiger partial charge < -0.3 is 11.2 Å². The Kier molecular flexibility index (Phi) is 5.80. The number of carbonyl (C=O) groups is 1. The first-order valence-electron chi connectivity index (χ1n) is 7.99. The van der Waals surface area contributed by atoms with E-state index < -0.39 is 0 Å². The number of hydrogen-bond acceptors (Lipinski definition) is 5. The van der Waals surface area contributed by atoms with Gasteiger partial charge in [0.05, 0.1) is 5.25 Å². The summed E-state index contributed by atoms with van der Waals surface area (Å²) in [5.41, 5.74) is 1.81. The summed E-state index contributed by atoms with van der Waals surface area (Å²) in [5, 5.41) is 11.8. The van der Waals surface area contributed by atoms with E-state index >= 15 is 0 Å². The molecular weight excluding hydrogens is 370 g/mol. The van der Waals surface area contributed by atoms with E-state index in [2.05, 4.69) is 15.5 Å². The fraction of sp³-hybridized carbons (Fsp3) is 0.167. The highest BCUT2D eigenvalue weighted by atomic mass is 35.5. The number of nitrogen functional groups attached to an aromatic ring is 1. The second-order valence-electron chi connectivity index (χ2n) is 5.65. The van der Waals surface area contributed by atoms with Gasteiger partial charge in [0, 0.05) is 17.1 Å². The molecule has 0 radical (unpaired) electrons. The SMILES string of the molecule is C[C@H](Sc1nnc(-c2cccc(Cl)c2)n1N)C(=O)NCc1ccccc1. The number of aromatic nitrogens is 3. The van der Waals surface area contributed by atoms with Gasteiger partial charge in [-0.15, -0.1) is 10.2 Å². The van der Waals surface area contributed by atoms with E-state index in [1.165, 1.54) is 16.4 Å². The van der Waals surface area contributed by atoms with Crippen molar-refractivity contribution in [3.63, 3.8) is 0 Å². The summed E-state index contributed by atoms with van der Waals surface area (Å²) in [4.78, 5) is 12.3. The zero-order chi connectivity index (χ0) is 18.5. The van der Waals surface area contributed by atoms with Crippen LogP contribution in [-0.4, -0.2) is 26.0 Å². The smallest absolute Gasteiger partial charge is 0.233 e. The molecule has 2 aromatic carbocycles. The standard InChI is InChI=1S/C18H18ClN5OS/c1-12(17(25)21-11-13-6-3-2-4-7-13)26-18-23-22-16(24(18)20)14-8-5-9-15(19)10-14/h2-10,12H,11,20H2,1H3,(H,21,25)/t12-/m0/s1. The fourth-order valence-electron chi connectivity index (χ4n) is 2.32. The van der Waals surface area contributed by atoms with Crippen molar-refractivity contribution < 1.29 is 4.79 Å². The lowest BCUT2D eigenvalue weighted by Crippen LogP contribution is -2.30. The zero-order valence-corrected chi connectivity index (χ0v) is 15.7. The van der Waals surface area contributed by atoms with Gasteiger partial charge in [0.25, 0.3) is 0 Å². The Balaban J connectivity index is 1.64. The van der Waals surface area contributed by atoms with Crippen LogP contribution < -0.4 is 11.2 Å². The van der Waals surface area contributed by atoms with Crippen molar-refractivity contribution in [1.29, 1.82) is 0 Å². The molecule has 3 N–H and O–H groups in total. The molecule has 8 heteroatoms. The Morgan fingerprint density at radius 3 is 2.73 bits per heavy atom. The number of carbonyl (C=O) groups excluding carboxylic acids is 1. The average Bonchev–Trinajstić information content (AvgIpc) is 3.01. The minimum Gasteiger partial charge on any atom is -0.351 e. The van der Waals surface area contributed by atoms with Crippen molar-refractivity contribution >= 4 is 29.3 Å². The molecule has 0 unspecified atom stereocenters. The lowest BCUT2D eigenvalue weighted by molar-refractivity contribution is -0.120. The van der Waals surface area contributed by atoms with Gasteiger partial charge in [0.15, 0.2) is 5.82 Å². The van der Waals surface area contributed by atoms with Gasteiger partial charge in [-0.3, -0.25) is 4.79 Å². The van der Waals surface area contributed by atoms with Crippen LogP contribution in [0.3, 0.4) is 0 Å². The van der Waals surface area contributed by atoms with Crippen LogP contribution in [0.25, 0.3) is 11.4 Å². The van der Waals surface area contributed by atoms with Gasteiger partial charge in [-0.2, -0.15) is 0 Å². The summed E-state index contributed by atoms with van der Waals surface area (Å²) in [5.74, 6) is 6.50. The predicted molar refractivity (Wildman–Crippen MR) is 104 cm³/mol. The summed E-state index contributed by atoms with van der Waals surface area (Å²) in [7, 11) is 0. The first-order chi connectivity index (χ1) is 12.5. The number of hydrogen-bond donors (Lipinski definition) is 2. The first-order valence-corrected chi connectivity index (χ1v) is 9.25. The van der Waals surface area contributed by atoms with Crippen molar-refractivity contribution in [3.05, 3.63) is 65.2 Å². The molecule has 0 aliphatic carbocycles. The Morgan fingerprint density at radius 1 is 1.23 bits per heavy atom. The van der Waals surface area contributed by atoms with Crippen LogP contribution in [0.2, 0.25) is 5.02 Å². The summed E-state index contributed by atoms with van der Waals surface area (Å²) in [6.07, 6.45) is 0. The van der Waals surface area contributed by atoms with Crippen LogP contribution in [0.4, 0.5) is 0 Å². The maximum absolute atomic E-state index is 12.3. The van der Waals surface area contributed by atoms with Crippen LogP contribution in [0.5, 0.6) is 0 Å². The Labute approximate surface area is 160 Å². The van der Waals surface area contributed by atoms with Gasteiger partial charge in [-0.25, -0.2) is 4.68 Å². The number of halogens is 1. The van der Waals surface area contributed by atoms with Gasteiger partial charge in [-0.1, -0.05) is 65.8 Å². The van der Waals surface area contributed by atoms with Crippen molar-refractivity contribution in [3.8, 4) is 11.4 Å². The molecule has 3 rings (SSSR count). The molecule has 26 heavy (non-hydrogen) atoms. The maximum Gasteiger partial charge on any atom is 0.233 e. The minimum atomic E-state index is -0.363. The van der Waals surface area contributed by atoms with Crippen molar-refractivity contribution in [1.82, 2.24) is 20.2 Å². The van der Waals surface area contributed by atoms with Crippen LogP contribution >= 0.6 is 23.4 Å². The molecule has 0 saturated carbocycles. The number of benzene rings is 2. The topological polar surface area (TPSA) is 85.8 Å². The number of thioether (sulfide) groups is 1. The van der Waals surface area contributed by atoms with E-state index in [1.54, 1.807) is 19.1 Å². The molecule has 6 nitrogen and oxygen atoms in total. The van der Waals surface area contributed by atoms with E-state index in [-0.39, 0.29) is 11.2 Å². The fourth-order valence-corrected chi connectivity index (χ4v) is 3.31. The highest BCUT2D eigenvalue weighted by molar-refractivity contribution is 8.00. The van der Waals surface area contributed by atoms with Gasteiger partial charge in [0.1, 0.15) is 0 Å². The molecule has 0 aliphatic heterocycles. The van der Waals surface area contributed by atoms with Crippen LogP contribution in [0.15, 0.2) is 59.8 Å². The predicted octanol–water partition coefficient (Wildman–Crippen LogP) is 3.11. The molecule has 0 fully saturated rings. The second kappa shape index (κ2) is 8.25. The average molecular weight is 388 g/mol. The summed E-state index contributed by atoms with van der Waals surface area (Å²) >= 11 is 7.26. The largest absolute Gasteiger partial charge is 0.351 e. The number of nitrogens with one attached hydrogen (secondary N) is 1. The normalized spacial score (nSPS) is 11.9. The van der Waals surface area contributed by atoms with Gasteiger partial charge in [-0.05, 0) is 24.6 Å². The summed E-state index contributed by atoms with van der Waals surface area (Å²) in [6.45, 7) is 2.28. The molecule has 0 bridgehead atoms. The van der Waals surface area contributed by atoms with Crippen molar-refractivity contribution in [2.24, 2.45) is 0 Å². The molecule has 3 aromatic rings. The third-order valence-corrected chi connectivity index (χ3v) is 5.00. The van der Waals surface area contributed by atoms with E-state index in [1.807, 2.05) is 42.5 Å². The van der Waals surface area contributed by atoms with E-state index in [9.17, 15) is 4.79 Å². The van der Waals surface area contributed by atoms with Crippen LogP contribution in [-0.2, 0) is 11.3 Å². The lowest BCUT2D eigenvalue weighted by atomic mass is 10.2. The van der Waals surface area contributed by atoms with E-state index in [0.717, 1.165) is 11.1 Å².